The summed E-state index contributed by atoms with van der Waals surface area (Å²) in [6.07, 6.45) is 2.38. The molecule has 1 heterocycles. The van der Waals surface area contributed by atoms with E-state index in [-0.39, 0.29) is 6.61 Å². The molecule has 0 fully saturated rings. The largest absolute Gasteiger partial charge is 0.396 e. The number of hydrogen-bond acceptors (Lipinski definition) is 2. The van der Waals surface area contributed by atoms with Crippen LogP contribution in [0, 0.1) is 0 Å². The van der Waals surface area contributed by atoms with E-state index in [4.69, 9.17) is 5.11 Å². The average molecular weight is 219 g/mol. The quantitative estimate of drug-likeness (QED) is 0.829. The maximum Gasteiger partial charge on any atom is 0.111 e. The Morgan fingerprint density at radius 2 is 2.45 bits per heavy atom. The second-order valence-corrected chi connectivity index (χ2v) is 3.03. The molecule has 1 aromatic rings. The fourth-order valence-corrected chi connectivity index (χ4v) is 1.58. The van der Waals surface area contributed by atoms with Gasteiger partial charge in [-0.3, -0.25) is 0 Å². The minimum atomic E-state index is 0.156. The molecule has 0 unspecified atom stereocenters. The zero-order valence-electron chi connectivity index (χ0n) is 6.42. The van der Waals surface area contributed by atoms with Crippen LogP contribution in [0.25, 0.3) is 0 Å². The van der Waals surface area contributed by atoms with E-state index in [9.17, 15) is 0 Å². The molecule has 1 N–H and O–H groups in total. The molecule has 1 aromatic heterocycles. The van der Waals surface area contributed by atoms with Crippen LogP contribution in [-0.2, 0) is 13.0 Å². The van der Waals surface area contributed by atoms with Gasteiger partial charge in [0.05, 0.1) is 12.8 Å². The van der Waals surface area contributed by atoms with Gasteiger partial charge < -0.3 is 9.67 Å². The lowest BCUT2D eigenvalue weighted by Gasteiger charge is -2.03. The predicted octanol–water partition coefficient (Wildman–Crippen LogP) is 1.20. The van der Waals surface area contributed by atoms with Crippen molar-refractivity contribution in [2.24, 2.45) is 0 Å². The molecule has 0 aliphatic rings. The third kappa shape index (κ3) is 1.81. The van der Waals surface area contributed by atoms with Crippen LogP contribution >= 0.6 is 15.9 Å². The summed E-state index contributed by atoms with van der Waals surface area (Å²) in [7, 11) is 0. The molecule has 0 spiro atoms. The smallest absolute Gasteiger partial charge is 0.111 e. The average Bonchev–Trinajstić information content (AvgIpc) is 2.33. The summed E-state index contributed by atoms with van der Waals surface area (Å²) in [4.78, 5) is 4.13. The number of imidazole rings is 1. The van der Waals surface area contributed by atoms with Gasteiger partial charge in [-0.25, -0.2) is 4.98 Å². The third-order valence-electron chi connectivity index (χ3n) is 1.54. The molecule has 11 heavy (non-hydrogen) atoms. The second-order valence-electron chi connectivity index (χ2n) is 2.22. The van der Waals surface area contributed by atoms with Crippen LogP contribution in [0.1, 0.15) is 12.7 Å². The standard InChI is InChI=1S/C7H11BrN2O/c1-2-10-6(8)5-9-7(10)3-4-11/h5,11H,2-4H2,1H3. The van der Waals surface area contributed by atoms with Crippen LogP contribution < -0.4 is 0 Å². The van der Waals surface area contributed by atoms with Crippen LogP contribution in [0.2, 0.25) is 0 Å². The normalized spacial score (nSPS) is 10.5. The summed E-state index contributed by atoms with van der Waals surface area (Å²) in [6.45, 7) is 3.09. The van der Waals surface area contributed by atoms with Crippen molar-refractivity contribution in [3.63, 3.8) is 0 Å². The van der Waals surface area contributed by atoms with Gasteiger partial charge in [-0.15, -0.1) is 0 Å². The first-order valence-electron chi connectivity index (χ1n) is 3.60. The zero-order chi connectivity index (χ0) is 8.27. The van der Waals surface area contributed by atoms with E-state index in [0.717, 1.165) is 17.0 Å². The highest BCUT2D eigenvalue weighted by molar-refractivity contribution is 9.10. The third-order valence-corrected chi connectivity index (χ3v) is 2.17. The highest BCUT2D eigenvalue weighted by Gasteiger charge is 2.03. The molecule has 0 aromatic carbocycles. The molecule has 0 saturated carbocycles. The van der Waals surface area contributed by atoms with Crippen molar-refractivity contribution >= 4 is 15.9 Å². The molecular weight excluding hydrogens is 208 g/mol. The van der Waals surface area contributed by atoms with Gasteiger partial charge >= 0.3 is 0 Å². The van der Waals surface area contributed by atoms with E-state index in [0.29, 0.717) is 6.42 Å². The Hall–Kier alpha value is -0.350. The van der Waals surface area contributed by atoms with Crippen molar-refractivity contribution in [1.82, 2.24) is 9.55 Å². The van der Waals surface area contributed by atoms with E-state index in [2.05, 4.69) is 20.9 Å². The van der Waals surface area contributed by atoms with Crippen LogP contribution in [-0.4, -0.2) is 21.3 Å². The molecule has 1 rings (SSSR count). The van der Waals surface area contributed by atoms with Gasteiger partial charge in [0.15, 0.2) is 0 Å². The van der Waals surface area contributed by atoms with Crippen molar-refractivity contribution in [2.45, 2.75) is 19.9 Å². The number of aromatic nitrogens is 2. The van der Waals surface area contributed by atoms with Crippen molar-refractivity contribution in [2.75, 3.05) is 6.61 Å². The summed E-state index contributed by atoms with van der Waals surface area (Å²) in [5.41, 5.74) is 0. The summed E-state index contributed by atoms with van der Waals surface area (Å²) >= 11 is 3.37. The van der Waals surface area contributed by atoms with Crippen molar-refractivity contribution in [3.05, 3.63) is 16.6 Å². The Kier molecular flexibility index (Phi) is 3.08. The van der Waals surface area contributed by atoms with Gasteiger partial charge in [0.2, 0.25) is 0 Å². The summed E-state index contributed by atoms with van der Waals surface area (Å²) in [5, 5.41) is 8.68. The Morgan fingerprint density at radius 1 is 1.73 bits per heavy atom. The summed E-state index contributed by atoms with van der Waals surface area (Å²) < 4.78 is 3.00. The molecule has 0 saturated heterocycles. The first-order valence-corrected chi connectivity index (χ1v) is 4.39. The van der Waals surface area contributed by atoms with E-state index in [1.54, 1.807) is 6.20 Å². The van der Waals surface area contributed by atoms with Crippen molar-refractivity contribution in [1.29, 1.82) is 0 Å². The fraction of sp³-hybridized carbons (Fsp3) is 0.571. The summed E-state index contributed by atoms with van der Waals surface area (Å²) in [5.74, 6) is 0.932. The van der Waals surface area contributed by atoms with Crippen molar-refractivity contribution < 1.29 is 5.11 Å². The molecule has 0 bridgehead atoms. The van der Waals surface area contributed by atoms with Gasteiger partial charge in [0.25, 0.3) is 0 Å². The lowest BCUT2D eigenvalue weighted by molar-refractivity contribution is 0.294. The first-order chi connectivity index (χ1) is 5.29. The first kappa shape index (κ1) is 8.74. The number of aliphatic hydroxyl groups is 1. The van der Waals surface area contributed by atoms with Crippen LogP contribution in [0.5, 0.6) is 0 Å². The molecule has 62 valence electrons. The van der Waals surface area contributed by atoms with Crippen LogP contribution in [0.3, 0.4) is 0 Å². The topological polar surface area (TPSA) is 38.0 Å². The van der Waals surface area contributed by atoms with Gasteiger partial charge in [0.1, 0.15) is 10.4 Å². The predicted molar refractivity (Wildman–Crippen MR) is 46.4 cm³/mol. The van der Waals surface area contributed by atoms with E-state index >= 15 is 0 Å². The lowest BCUT2D eigenvalue weighted by Crippen LogP contribution is -2.04. The molecule has 3 nitrogen and oxygen atoms in total. The number of rotatable bonds is 3. The minimum absolute atomic E-state index is 0.156. The highest BCUT2D eigenvalue weighted by Crippen LogP contribution is 2.12. The molecule has 0 radical (unpaired) electrons. The van der Waals surface area contributed by atoms with Gasteiger partial charge in [-0.1, -0.05) is 0 Å². The van der Waals surface area contributed by atoms with Crippen molar-refractivity contribution in [3.8, 4) is 0 Å². The monoisotopic (exact) mass is 218 g/mol. The second kappa shape index (κ2) is 3.88. The number of hydrogen-bond donors (Lipinski definition) is 1. The molecular formula is C7H11BrN2O. The molecule has 0 amide bonds. The van der Waals surface area contributed by atoms with E-state index in [1.807, 2.05) is 11.5 Å². The minimum Gasteiger partial charge on any atom is -0.396 e. The number of nitrogens with zero attached hydrogens (tertiary/aromatic N) is 2. The van der Waals surface area contributed by atoms with Gasteiger partial charge in [-0.2, -0.15) is 0 Å². The zero-order valence-corrected chi connectivity index (χ0v) is 8.00. The molecule has 4 heteroatoms. The Morgan fingerprint density at radius 3 is 3.00 bits per heavy atom. The Bertz CT molecular complexity index is 234. The van der Waals surface area contributed by atoms with E-state index in [1.165, 1.54) is 0 Å². The number of halogens is 1. The number of aliphatic hydroxyl groups excluding tert-OH is 1. The van der Waals surface area contributed by atoms with Gasteiger partial charge in [-0.05, 0) is 22.9 Å². The molecule has 0 aliphatic heterocycles. The maximum absolute atomic E-state index is 8.68. The maximum atomic E-state index is 8.68. The fourth-order valence-electron chi connectivity index (χ4n) is 1.02. The highest BCUT2D eigenvalue weighted by atomic mass is 79.9. The Balaban J connectivity index is 2.86. The molecule has 0 atom stereocenters. The SMILES string of the molecule is CCn1c(Br)cnc1CCO. The van der Waals surface area contributed by atoms with E-state index < -0.39 is 0 Å². The molecule has 0 aliphatic carbocycles. The Labute approximate surface area is 74.2 Å². The van der Waals surface area contributed by atoms with Gasteiger partial charge in [0, 0.05) is 13.0 Å². The van der Waals surface area contributed by atoms with Crippen LogP contribution in [0.15, 0.2) is 10.8 Å². The lowest BCUT2D eigenvalue weighted by atomic mass is 10.4. The summed E-state index contributed by atoms with van der Waals surface area (Å²) in [6, 6.07) is 0. The van der Waals surface area contributed by atoms with Crippen LogP contribution in [0.4, 0.5) is 0 Å².